The summed E-state index contributed by atoms with van der Waals surface area (Å²) in [5.74, 6) is 1.23. The summed E-state index contributed by atoms with van der Waals surface area (Å²) in [5, 5.41) is 3.17. The fraction of sp³-hybridized carbons (Fsp3) is 0.368. The minimum absolute atomic E-state index is 0. The van der Waals surface area contributed by atoms with Crippen LogP contribution in [0, 0.1) is 19.8 Å². The average Bonchev–Trinajstić information content (AvgIpc) is 2.52. The first kappa shape index (κ1) is 20.4. The molecule has 0 saturated carbocycles. The van der Waals surface area contributed by atoms with Gasteiger partial charge < -0.3 is 11.1 Å². The topological polar surface area (TPSA) is 63.3 Å². The maximum atomic E-state index is 6.04. The minimum Gasteiger partial charge on any atom is -0.370 e. The smallest absolute Gasteiger partial charge is 0.193 e. The predicted molar refractivity (Wildman–Crippen MR) is 113 cm³/mol. The minimum atomic E-state index is 0. The zero-order valence-corrected chi connectivity index (χ0v) is 17.1. The normalized spacial score (nSPS) is 12.6. The van der Waals surface area contributed by atoms with Crippen LogP contribution in [0.15, 0.2) is 47.7 Å². The van der Waals surface area contributed by atoms with Gasteiger partial charge >= 0.3 is 0 Å². The molecule has 130 valence electrons. The van der Waals surface area contributed by atoms with Crippen LogP contribution in [0.5, 0.6) is 0 Å². The first-order valence-electron chi connectivity index (χ1n) is 8.01. The number of hydrogen-bond donors (Lipinski definition) is 2. The SMILES string of the molecule is Cc1ccc(NC(N)=NCC(c2cccnc2)C(C)C)cc1C.I. The molecular formula is C19H27IN4. The summed E-state index contributed by atoms with van der Waals surface area (Å²) >= 11 is 0. The number of aromatic nitrogens is 1. The summed E-state index contributed by atoms with van der Waals surface area (Å²) in [5.41, 5.74) is 10.7. The number of nitrogens with zero attached hydrogens (tertiary/aromatic N) is 2. The summed E-state index contributed by atoms with van der Waals surface area (Å²) in [6.07, 6.45) is 3.70. The van der Waals surface area contributed by atoms with Crippen molar-refractivity contribution in [3.63, 3.8) is 0 Å². The van der Waals surface area contributed by atoms with Gasteiger partial charge in [-0.25, -0.2) is 0 Å². The van der Waals surface area contributed by atoms with E-state index < -0.39 is 0 Å². The fourth-order valence-electron chi connectivity index (χ4n) is 2.50. The number of benzene rings is 1. The van der Waals surface area contributed by atoms with Crippen LogP contribution >= 0.6 is 24.0 Å². The van der Waals surface area contributed by atoms with E-state index in [1.54, 1.807) is 6.20 Å². The molecular weight excluding hydrogens is 411 g/mol. The first-order chi connectivity index (χ1) is 11.0. The van der Waals surface area contributed by atoms with Crippen LogP contribution in [0.4, 0.5) is 5.69 Å². The number of halogens is 1. The van der Waals surface area contributed by atoms with E-state index in [-0.39, 0.29) is 24.0 Å². The molecule has 0 bridgehead atoms. The molecule has 3 N–H and O–H groups in total. The number of nitrogens with one attached hydrogen (secondary N) is 1. The summed E-state index contributed by atoms with van der Waals surface area (Å²) in [6, 6.07) is 10.2. The van der Waals surface area contributed by atoms with Crippen molar-refractivity contribution in [2.45, 2.75) is 33.6 Å². The van der Waals surface area contributed by atoms with Gasteiger partial charge in [0, 0.05) is 30.5 Å². The Morgan fingerprint density at radius 3 is 2.54 bits per heavy atom. The van der Waals surface area contributed by atoms with Crippen LogP contribution in [0.25, 0.3) is 0 Å². The van der Waals surface area contributed by atoms with Crippen LogP contribution in [0.1, 0.15) is 36.5 Å². The molecule has 1 heterocycles. The molecule has 0 saturated heterocycles. The van der Waals surface area contributed by atoms with E-state index in [9.17, 15) is 0 Å². The monoisotopic (exact) mass is 438 g/mol. The van der Waals surface area contributed by atoms with Crippen molar-refractivity contribution in [2.75, 3.05) is 11.9 Å². The highest BCUT2D eigenvalue weighted by molar-refractivity contribution is 14.0. The van der Waals surface area contributed by atoms with Crippen LogP contribution in [0.2, 0.25) is 0 Å². The quantitative estimate of drug-likeness (QED) is 0.411. The highest BCUT2D eigenvalue weighted by Gasteiger charge is 2.15. The van der Waals surface area contributed by atoms with Crippen LogP contribution in [-0.4, -0.2) is 17.5 Å². The van der Waals surface area contributed by atoms with Gasteiger partial charge in [-0.1, -0.05) is 26.0 Å². The molecule has 4 nitrogen and oxygen atoms in total. The summed E-state index contributed by atoms with van der Waals surface area (Å²) in [6.45, 7) is 9.22. The zero-order valence-electron chi connectivity index (χ0n) is 14.8. The average molecular weight is 438 g/mol. The number of anilines is 1. The molecule has 2 rings (SSSR count). The molecule has 1 unspecified atom stereocenters. The van der Waals surface area contributed by atoms with Gasteiger partial charge in [0.05, 0.1) is 0 Å². The van der Waals surface area contributed by atoms with Crippen molar-refractivity contribution >= 4 is 35.6 Å². The molecule has 1 aromatic carbocycles. The second-order valence-electron chi connectivity index (χ2n) is 6.29. The molecule has 0 spiro atoms. The van der Waals surface area contributed by atoms with E-state index in [1.807, 2.05) is 18.3 Å². The molecule has 0 aliphatic carbocycles. The number of aliphatic imine (C=N–C) groups is 1. The lowest BCUT2D eigenvalue weighted by molar-refractivity contribution is 0.506. The third kappa shape index (κ3) is 5.78. The van der Waals surface area contributed by atoms with Crippen LogP contribution < -0.4 is 11.1 Å². The van der Waals surface area contributed by atoms with Crippen molar-refractivity contribution in [1.29, 1.82) is 0 Å². The van der Waals surface area contributed by atoms with E-state index in [4.69, 9.17) is 5.73 Å². The van der Waals surface area contributed by atoms with Crippen LogP contribution in [-0.2, 0) is 0 Å². The lowest BCUT2D eigenvalue weighted by Crippen LogP contribution is -2.24. The lowest BCUT2D eigenvalue weighted by atomic mass is 9.89. The highest BCUT2D eigenvalue weighted by atomic mass is 127. The lowest BCUT2D eigenvalue weighted by Gasteiger charge is -2.19. The van der Waals surface area contributed by atoms with Crippen molar-refractivity contribution in [2.24, 2.45) is 16.6 Å². The van der Waals surface area contributed by atoms with E-state index in [0.29, 0.717) is 24.3 Å². The Labute approximate surface area is 162 Å². The summed E-state index contributed by atoms with van der Waals surface area (Å²) < 4.78 is 0. The molecule has 0 aliphatic rings. The van der Waals surface area contributed by atoms with Crippen LogP contribution in [0.3, 0.4) is 0 Å². The number of aryl methyl sites for hydroxylation is 2. The molecule has 0 fully saturated rings. The van der Waals surface area contributed by atoms with Gasteiger partial charge in [0.15, 0.2) is 5.96 Å². The number of rotatable bonds is 5. The third-order valence-corrected chi connectivity index (χ3v) is 4.15. The van der Waals surface area contributed by atoms with E-state index in [2.05, 4.69) is 61.2 Å². The summed E-state index contributed by atoms with van der Waals surface area (Å²) in [7, 11) is 0. The molecule has 0 radical (unpaired) electrons. The Bertz CT molecular complexity index is 668. The van der Waals surface area contributed by atoms with Gasteiger partial charge in [0.2, 0.25) is 0 Å². The number of pyridine rings is 1. The fourth-order valence-corrected chi connectivity index (χ4v) is 2.50. The standard InChI is InChI=1S/C19H26N4.HI/c1-13(2)18(16-6-5-9-21-11-16)12-22-19(20)23-17-8-7-14(3)15(4)10-17;/h5-11,13,18H,12H2,1-4H3,(H3,20,22,23);1H. The third-order valence-electron chi connectivity index (χ3n) is 4.15. The molecule has 24 heavy (non-hydrogen) atoms. The molecule has 0 amide bonds. The first-order valence-corrected chi connectivity index (χ1v) is 8.01. The van der Waals surface area contributed by atoms with Crippen molar-refractivity contribution in [1.82, 2.24) is 4.98 Å². The Balaban J connectivity index is 0.00000288. The van der Waals surface area contributed by atoms with Gasteiger partial charge in [-0.2, -0.15) is 0 Å². The van der Waals surface area contributed by atoms with E-state index >= 15 is 0 Å². The van der Waals surface area contributed by atoms with Crippen molar-refractivity contribution in [3.8, 4) is 0 Å². The number of guanidine groups is 1. The van der Waals surface area contributed by atoms with Gasteiger partial charge in [0.1, 0.15) is 0 Å². The Morgan fingerprint density at radius 2 is 1.96 bits per heavy atom. The molecule has 2 aromatic rings. The largest absolute Gasteiger partial charge is 0.370 e. The molecule has 1 aromatic heterocycles. The maximum Gasteiger partial charge on any atom is 0.193 e. The Kier molecular flexibility index (Phi) is 8.18. The maximum absolute atomic E-state index is 6.04. The zero-order chi connectivity index (χ0) is 16.8. The Hall–Kier alpha value is -1.63. The van der Waals surface area contributed by atoms with Gasteiger partial charge in [0.25, 0.3) is 0 Å². The van der Waals surface area contributed by atoms with E-state index in [1.165, 1.54) is 16.7 Å². The van der Waals surface area contributed by atoms with E-state index in [0.717, 1.165) is 5.69 Å². The highest BCUT2D eigenvalue weighted by Crippen LogP contribution is 2.24. The van der Waals surface area contributed by atoms with Crippen molar-refractivity contribution in [3.05, 3.63) is 59.4 Å². The second-order valence-corrected chi connectivity index (χ2v) is 6.29. The van der Waals surface area contributed by atoms with Gasteiger partial charge in [-0.3, -0.25) is 9.98 Å². The predicted octanol–water partition coefficient (Wildman–Crippen LogP) is 4.48. The number of hydrogen-bond acceptors (Lipinski definition) is 2. The van der Waals surface area contributed by atoms with Crippen molar-refractivity contribution < 1.29 is 0 Å². The molecule has 1 atom stereocenters. The molecule has 5 heteroatoms. The second kappa shape index (κ2) is 9.61. The summed E-state index contributed by atoms with van der Waals surface area (Å²) in [4.78, 5) is 8.73. The molecule has 0 aliphatic heterocycles. The Morgan fingerprint density at radius 1 is 1.21 bits per heavy atom. The van der Waals surface area contributed by atoms with Gasteiger partial charge in [-0.05, 0) is 54.7 Å². The number of nitrogens with two attached hydrogens (primary N) is 1. The van der Waals surface area contributed by atoms with Gasteiger partial charge in [-0.15, -0.1) is 24.0 Å².